The van der Waals surface area contributed by atoms with Crippen LogP contribution in [0.25, 0.3) is 0 Å². The molecule has 0 spiro atoms. The van der Waals surface area contributed by atoms with Gasteiger partial charge in [-0.25, -0.2) is 13.1 Å². The van der Waals surface area contributed by atoms with E-state index in [1.165, 1.54) is 27.7 Å². The van der Waals surface area contributed by atoms with Crippen molar-refractivity contribution in [1.29, 1.82) is 0 Å². The molecule has 0 aromatic carbocycles. The lowest BCUT2D eigenvalue weighted by molar-refractivity contribution is -0.139. The highest BCUT2D eigenvalue weighted by Gasteiger charge is 2.36. The summed E-state index contributed by atoms with van der Waals surface area (Å²) in [6, 6.07) is -1.09. The Morgan fingerprint density at radius 3 is 1.88 bits per heavy atom. The van der Waals surface area contributed by atoms with Gasteiger partial charge in [-0.3, -0.25) is 0 Å². The second kappa shape index (κ2) is 4.91. The third-order valence-electron chi connectivity index (χ3n) is 2.10. The van der Waals surface area contributed by atoms with E-state index < -0.39 is 33.4 Å². The van der Waals surface area contributed by atoms with Gasteiger partial charge in [-0.2, -0.15) is 13.2 Å². The normalized spacial score (nSPS) is 16.2. The summed E-state index contributed by atoms with van der Waals surface area (Å²) in [7, 11) is -3.73. The Balaban J connectivity index is 4.70. The SMILES string of the molecule is CCC(CC(F)(F)F)NS(=O)(=O)C(C)(C)C. The van der Waals surface area contributed by atoms with E-state index in [2.05, 4.69) is 4.72 Å². The van der Waals surface area contributed by atoms with Crippen LogP contribution in [0.3, 0.4) is 0 Å². The van der Waals surface area contributed by atoms with Crippen molar-refractivity contribution in [3.8, 4) is 0 Å². The summed E-state index contributed by atoms with van der Waals surface area (Å²) >= 11 is 0. The maximum absolute atomic E-state index is 12.1. The fourth-order valence-electron chi connectivity index (χ4n) is 0.945. The van der Waals surface area contributed by atoms with Crippen LogP contribution in [0.2, 0.25) is 0 Å². The Morgan fingerprint density at radius 2 is 1.62 bits per heavy atom. The molecule has 0 radical (unpaired) electrons. The Bertz CT molecular complexity index is 317. The predicted molar refractivity (Wildman–Crippen MR) is 56.6 cm³/mol. The van der Waals surface area contributed by atoms with Crippen molar-refractivity contribution >= 4 is 10.0 Å². The Kier molecular flexibility index (Phi) is 4.82. The number of hydrogen-bond acceptors (Lipinski definition) is 2. The maximum Gasteiger partial charge on any atom is 0.390 e. The van der Waals surface area contributed by atoms with Crippen molar-refractivity contribution in [3.05, 3.63) is 0 Å². The zero-order chi connectivity index (χ0) is 13.2. The highest BCUT2D eigenvalue weighted by Crippen LogP contribution is 2.24. The molecule has 3 nitrogen and oxygen atoms in total. The largest absolute Gasteiger partial charge is 0.390 e. The number of halogens is 3. The fraction of sp³-hybridized carbons (Fsp3) is 1.00. The number of sulfonamides is 1. The first-order chi connectivity index (χ1) is 6.89. The molecule has 1 N–H and O–H groups in total. The second-order valence-electron chi connectivity index (χ2n) is 4.66. The van der Waals surface area contributed by atoms with E-state index in [1.807, 2.05) is 0 Å². The molecule has 0 aliphatic carbocycles. The fourth-order valence-corrected chi connectivity index (χ4v) is 1.99. The number of rotatable bonds is 4. The van der Waals surface area contributed by atoms with Crippen LogP contribution in [0.5, 0.6) is 0 Å². The first-order valence-electron chi connectivity index (χ1n) is 4.97. The van der Waals surface area contributed by atoms with Gasteiger partial charge in [0.25, 0.3) is 0 Å². The highest BCUT2D eigenvalue weighted by molar-refractivity contribution is 7.90. The molecule has 7 heteroatoms. The lowest BCUT2D eigenvalue weighted by Gasteiger charge is -2.25. The number of hydrogen-bond donors (Lipinski definition) is 1. The van der Waals surface area contributed by atoms with Crippen LogP contribution >= 0.6 is 0 Å². The first-order valence-corrected chi connectivity index (χ1v) is 6.46. The lowest BCUT2D eigenvalue weighted by atomic mass is 10.2. The number of nitrogens with one attached hydrogen (secondary N) is 1. The van der Waals surface area contributed by atoms with Gasteiger partial charge in [0, 0.05) is 6.04 Å². The van der Waals surface area contributed by atoms with Crippen LogP contribution in [-0.4, -0.2) is 25.4 Å². The van der Waals surface area contributed by atoms with E-state index in [-0.39, 0.29) is 6.42 Å². The van der Waals surface area contributed by atoms with Crippen molar-refractivity contribution in [2.75, 3.05) is 0 Å². The van der Waals surface area contributed by atoms with Gasteiger partial charge in [0.1, 0.15) is 0 Å². The van der Waals surface area contributed by atoms with E-state index in [1.54, 1.807) is 0 Å². The molecule has 0 rings (SSSR count). The molecular formula is C9H18F3NO2S. The average molecular weight is 261 g/mol. The molecule has 0 bridgehead atoms. The summed E-state index contributed by atoms with van der Waals surface area (Å²) < 4.78 is 60.6. The molecular weight excluding hydrogens is 243 g/mol. The van der Waals surface area contributed by atoms with Crippen molar-refractivity contribution in [2.24, 2.45) is 0 Å². The van der Waals surface area contributed by atoms with Crippen molar-refractivity contribution in [3.63, 3.8) is 0 Å². The average Bonchev–Trinajstić information content (AvgIpc) is 1.97. The molecule has 0 saturated heterocycles. The second-order valence-corrected chi connectivity index (χ2v) is 7.13. The van der Waals surface area contributed by atoms with Crippen LogP contribution in [0, 0.1) is 0 Å². The summed E-state index contributed by atoms with van der Waals surface area (Å²) in [5.74, 6) is 0. The molecule has 1 atom stereocenters. The van der Waals surface area contributed by atoms with Crippen LogP contribution in [0.15, 0.2) is 0 Å². The first kappa shape index (κ1) is 15.7. The van der Waals surface area contributed by atoms with Gasteiger partial charge < -0.3 is 0 Å². The summed E-state index contributed by atoms with van der Waals surface area (Å²) in [5, 5.41) is 0. The minimum atomic E-state index is -4.36. The standard InChI is InChI=1S/C9H18F3NO2S/c1-5-7(6-9(10,11)12)13-16(14,15)8(2,3)4/h7,13H,5-6H2,1-4H3. The molecule has 0 aliphatic heterocycles. The van der Waals surface area contributed by atoms with Gasteiger partial charge in [-0.15, -0.1) is 0 Å². The topological polar surface area (TPSA) is 46.2 Å². The molecule has 0 saturated carbocycles. The van der Waals surface area contributed by atoms with Crippen LogP contribution in [0.1, 0.15) is 40.5 Å². The van der Waals surface area contributed by atoms with E-state index in [4.69, 9.17) is 0 Å². The van der Waals surface area contributed by atoms with Gasteiger partial charge in [0.05, 0.1) is 11.2 Å². The zero-order valence-corrected chi connectivity index (χ0v) is 10.7. The van der Waals surface area contributed by atoms with E-state index in [9.17, 15) is 21.6 Å². The van der Waals surface area contributed by atoms with E-state index >= 15 is 0 Å². The summed E-state index contributed by atoms with van der Waals surface area (Å²) in [4.78, 5) is 0. The zero-order valence-electron chi connectivity index (χ0n) is 9.85. The minimum Gasteiger partial charge on any atom is -0.212 e. The molecule has 0 fully saturated rings. The predicted octanol–water partition coefficient (Wildman–Crippen LogP) is 2.44. The molecule has 0 aliphatic rings. The van der Waals surface area contributed by atoms with E-state index in [0.29, 0.717) is 0 Å². The summed E-state index contributed by atoms with van der Waals surface area (Å²) in [6.45, 7) is 5.84. The monoisotopic (exact) mass is 261 g/mol. The minimum absolute atomic E-state index is 0.106. The van der Waals surface area contributed by atoms with Gasteiger partial charge in [0.2, 0.25) is 10.0 Å². The Hall–Kier alpha value is -0.300. The van der Waals surface area contributed by atoms with Crippen LogP contribution < -0.4 is 4.72 Å². The van der Waals surface area contributed by atoms with Gasteiger partial charge >= 0.3 is 6.18 Å². The molecule has 0 heterocycles. The third kappa shape index (κ3) is 5.16. The molecule has 0 amide bonds. The van der Waals surface area contributed by atoms with Crippen molar-refractivity contribution in [1.82, 2.24) is 4.72 Å². The third-order valence-corrected chi connectivity index (χ3v) is 4.35. The molecule has 98 valence electrons. The van der Waals surface area contributed by atoms with Crippen LogP contribution in [0.4, 0.5) is 13.2 Å². The maximum atomic E-state index is 12.1. The Morgan fingerprint density at radius 1 is 1.19 bits per heavy atom. The van der Waals surface area contributed by atoms with Gasteiger partial charge in [-0.05, 0) is 27.2 Å². The van der Waals surface area contributed by atoms with Crippen LogP contribution in [-0.2, 0) is 10.0 Å². The molecule has 0 aromatic heterocycles. The smallest absolute Gasteiger partial charge is 0.212 e. The Labute approximate surface area is 94.5 Å². The van der Waals surface area contributed by atoms with Crippen molar-refractivity contribution < 1.29 is 21.6 Å². The molecule has 1 unspecified atom stereocenters. The summed E-state index contributed by atoms with van der Waals surface area (Å²) in [6.07, 6.45) is -5.39. The quantitative estimate of drug-likeness (QED) is 0.844. The number of alkyl halides is 3. The lowest BCUT2D eigenvalue weighted by Crippen LogP contribution is -2.45. The van der Waals surface area contributed by atoms with Crippen molar-refractivity contribution in [2.45, 2.75) is 57.5 Å². The highest BCUT2D eigenvalue weighted by atomic mass is 32.2. The summed E-state index contributed by atoms with van der Waals surface area (Å²) in [5.41, 5.74) is 0. The van der Waals surface area contributed by atoms with E-state index in [0.717, 1.165) is 0 Å². The van der Waals surface area contributed by atoms with Gasteiger partial charge in [0.15, 0.2) is 0 Å². The molecule has 16 heavy (non-hydrogen) atoms. The molecule has 0 aromatic rings. The van der Waals surface area contributed by atoms with Gasteiger partial charge in [-0.1, -0.05) is 6.92 Å².